The SMILES string of the molecule is CCc1nc(-c2ccc(F)cn2)sc1CN. The van der Waals surface area contributed by atoms with E-state index >= 15 is 0 Å². The normalized spacial score (nSPS) is 10.7. The quantitative estimate of drug-likeness (QED) is 0.891. The van der Waals surface area contributed by atoms with E-state index in [-0.39, 0.29) is 5.82 Å². The van der Waals surface area contributed by atoms with Crippen molar-refractivity contribution in [2.75, 3.05) is 0 Å². The summed E-state index contributed by atoms with van der Waals surface area (Å²) < 4.78 is 12.7. The standard InChI is InChI=1S/C11H12FN3S/c1-2-8-10(5-13)16-11(15-8)9-4-3-7(12)6-14-9/h3-4,6H,2,5,13H2,1H3. The molecule has 3 nitrogen and oxygen atoms in total. The van der Waals surface area contributed by atoms with Crippen molar-refractivity contribution in [3.63, 3.8) is 0 Å². The second kappa shape index (κ2) is 4.67. The number of aryl methyl sites for hydroxylation is 1. The maximum Gasteiger partial charge on any atom is 0.142 e. The first kappa shape index (κ1) is 11.2. The minimum atomic E-state index is -0.338. The van der Waals surface area contributed by atoms with Crippen LogP contribution in [0.1, 0.15) is 17.5 Å². The van der Waals surface area contributed by atoms with Crippen molar-refractivity contribution >= 4 is 11.3 Å². The van der Waals surface area contributed by atoms with E-state index in [0.29, 0.717) is 12.2 Å². The van der Waals surface area contributed by atoms with Gasteiger partial charge >= 0.3 is 0 Å². The van der Waals surface area contributed by atoms with E-state index in [1.165, 1.54) is 23.6 Å². The van der Waals surface area contributed by atoms with Crippen LogP contribution < -0.4 is 5.73 Å². The molecule has 16 heavy (non-hydrogen) atoms. The number of rotatable bonds is 3. The number of nitrogens with two attached hydrogens (primary N) is 1. The van der Waals surface area contributed by atoms with Crippen LogP contribution in [0.25, 0.3) is 10.7 Å². The summed E-state index contributed by atoms with van der Waals surface area (Å²) in [6.45, 7) is 2.53. The Bertz CT molecular complexity index is 457. The third-order valence-electron chi connectivity index (χ3n) is 2.25. The molecule has 2 N–H and O–H groups in total. The summed E-state index contributed by atoms with van der Waals surface area (Å²) in [7, 11) is 0. The van der Waals surface area contributed by atoms with Gasteiger partial charge in [-0.1, -0.05) is 6.92 Å². The molecule has 84 valence electrons. The third kappa shape index (κ3) is 2.10. The first-order valence-corrected chi connectivity index (χ1v) is 5.86. The predicted octanol–water partition coefficient (Wildman–Crippen LogP) is 2.37. The van der Waals surface area contributed by atoms with E-state index in [1.807, 2.05) is 6.92 Å². The molecule has 2 aromatic rings. The summed E-state index contributed by atoms with van der Waals surface area (Å²) in [5.41, 5.74) is 7.33. The largest absolute Gasteiger partial charge is 0.326 e. The number of thiazole rings is 1. The Kier molecular flexibility index (Phi) is 3.26. The number of nitrogens with zero attached hydrogens (tertiary/aromatic N) is 2. The van der Waals surface area contributed by atoms with Crippen LogP contribution in [0.4, 0.5) is 4.39 Å². The zero-order valence-corrected chi connectivity index (χ0v) is 9.72. The van der Waals surface area contributed by atoms with Crippen molar-refractivity contribution in [1.29, 1.82) is 0 Å². The van der Waals surface area contributed by atoms with Gasteiger partial charge in [-0.15, -0.1) is 11.3 Å². The van der Waals surface area contributed by atoms with E-state index < -0.39 is 0 Å². The maximum atomic E-state index is 12.7. The molecule has 0 unspecified atom stereocenters. The summed E-state index contributed by atoms with van der Waals surface area (Å²) in [5, 5.41) is 0.803. The molecule has 0 radical (unpaired) electrons. The minimum absolute atomic E-state index is 0.338. The molecule has 0 aliphatic carbocycles. The second-order valence-corrected chi connectivity index (χ2v) is 4.39. The van der Waals surface area contributed by atoms with Crippen LogP contribution in [0.5, 0.6) is 0 Å². The summed E-state index contributed by atoms with van der Waals surface area (Å²) in [6.07, 6.45) is 2.05. The number of aromatic nitrogens is 2. The number of hydrogen-bond acceptors (Lipinski definition) is 4. The summed E-state index contributed by atoms with van der Waals surface area (Å²) >= 11 is 1.52. The molecule has 0 bridgehead atoms. The van der Waals surface area contributed by atoms with Crippen LogP contribution in [0, 0.1) is 5.82 Å². The first-order chi connectivity index (χ1) is 7.74. The molecule has 0 spiro atoms. The molecule has 0 aromatic carbocycles. The van der Waals surface area contributed by atoms with Crippen molar-refractivity contribution in [3.8, 4) is 10.7 Å². The van der Waals surface area contributed by atoms with Crippen molar-refractivity contribution in [2.24, 2.45) is 5.73 Å². The lowest BCUT2D eigenvalue weighted by Crippen LogP contribution is -1.96. The smallest absolute Gasteiger partial charge is 0.142 e. The fourth-order valence-corrected chi connectivity index (χ4v) is 2.44. The van der Waals surface area contributed by atoms with Gasteiger partial charge in [-0.2, -0.15) is 0 Å². The zero-order valence-electron chi connectivity index (χ0n) is 8.90. The van der Waals surface area contributed by atoms with Crippen LogP contribution >= 0.6 is 11.3 Å². The molecule has 0 atom stereocenters. The van der Waals surface area contributed by atoms with Crippen LogP contribution in [-0.4, -0.2) is 9.97 Å². The molecule has 2 rings (SSSR count). The summed E-state index contributed by atoms with van der Waals surface area (Å²) in [4.78, 5) is 9.53. The van der Waals surface area contributed by atoms with Crippen LogP contribution in [0.3, 0.4) is 0 Å². The van der Waals surface area contributed by atoms with Crippen molar-refractivity contribution in [1.82, 2.24) is 9.97 Å². The van der Waals surface area contributed by atoms with Gasteiger partial charge in [0.05, 0.1) is 17.6 Å². The Hall–Kier alpha value is -1.33. The molecule has 0 saturated carbocycles. The van der Waals surface area contributed by atoms with E-state index in [9.17, 15) is 4.39 Å². The highest BCUT2D eigenvalue weighted by molar-refractivity contribution is 7.15. The number of hydrogen-bond donors (Lipinski definition) is 1. The molecule has 0 saturated heterocycles. The van der Waals surface area contributed by atoms with Gasteiger partial charge in [0.15, 0.2) is 0 Å². The molecule has 2 aromatic heterocycles. The van der Waals surface area contributed by atoms with Crippen molar-refractivity contribution in [3.05, 3.63) is 34.7 Å². The zero-order chi connectivity index (χ0) is 11.5. The highest BCUT2D eigenvalue weighted by Gasteiger charge is 2.10. The molecule has 5 heteroatoms. The van der Waals surface area contributed by atoms with E-state index in [4.69, 9.17) is 5.73 Å². The first-order valence-electron chi connectivity index (χ1n) is 5.05. The molecule has 2 heterocycles. The fraction of sp³-hybridized carbons (Fsp3) is 0.273. The van der Waals surface area contributed by atoms with Gasteiger partial charge in [0.25, 0.3) is 0 Å². The Morgan fingerprint density at radius 1 is 1.44 bits per heavy atom. The van der Waals surface area contributed by atoms with Gasteiger partial charge in [0, 0.05) is 11.4 Å². The average molecular weight is 237 g/mol. The highest BCUT2D eigenvalue weighted by Crippen LogP contribution is 2.26. The third-order valence-corrected chi connectivity index (χ3v) is 3.39. The lowest BCUT2D eigenvalue weighted by molar-refractivity contribution is 0.622. The predicted molar refractivity (Wildman–Crippen MR) is 62.6 cm³/mol. The Labute approximate surface area is 97.2 Å². The number of pyridine rings is 1. The minimum Gasteiger partial charge on any atom is -0.326 e. The molecule has 0 aliphatic heterocycles. The topological polar surface area (TPSA) is 51.8 Å². The Morgan fingerprint density at radius 3 is 2.75 bits per heavy atom. The Balaban J connectivity index is 2.40. The Morgan fingerprint density at radius 2 is 2.25 bits per heavy atom. The van der Waals surface area contributed by atoms with Gasteiger partial charge in [0.1, 0.15) is 10.8 Å². The van der Waals surface area contributed by atoms with Crippen LogP contribution in [0.15, 0.2) is 18.3 Å². The van der Waals surface area contributed by atoms with E-state index in [2.05, 4.69) is 9.97 Å². The summed E-state index contributed by atoms with van der Waals surface area (Å²) in [5.74, 6) is -0.338. The van der Waals surface area contributed by atoms with Gasteiger partial charge in [0.2, 0.25) is 0 Å². The van der Waals surface area contributed by atoms with Crippen LogP contribution in [-0.2, 0) is 13.0 Å². The summed E-state index contributed by atoms with van der Waals surface area (Å²) in [6, 6.07) is 3.02. The van der Waals surface area contributed by atoms with Gasteiger partial charge in [-0.3, -0.25) is 4.98 Å². The fourth-order valence-electron chi connectivity index (χ4n) is 1.43. The van der Waals surface area contributed by atoms with Gasteiger partial charge < -0.3 is 5.73 Å². The lowest BCUT2D eigenvalue weighted by atomic mass is 10.3. The second-order valence-electron chi connectivity index (χ2n) is 3.31. The van der Waals surface area contributed by atoms with Gasteiger partial charge in [-0.25, -0.2) is 9.37 Å². The van der Waals surface area contributed by atoms with E-state index in [0.717, 1.165) is 22.0 Å². The number of halogens is 1. The molecule has 0 fully saturated rings. The maximum absolute atomic E-state index is 12.7. The van der Waals surface area contributed by atoms with Crippen molar-refractivity contribution in [2.45, 2.75) is 19.9 Å². The lowest BCUT2D eigenvalue weighted by Gasteiger charge is -1.93. The molecule has 0 aliphatic rings. The highest BCUT2D eigenvalue weighted by atomic mass is 32.1. The molecular formula is C11H12FN3S. The molecule has 0 amide bonds. The van der Waals surface area contributed by atoms with Gasteiger partial charge in [-0.05, 0) is 18.6 Å². The average Bonchev–Trinajstić information content (AvgIpc) is 2.73. The van der Waals surface area contributed by atoms with Crippen LogP contribution in [0.2, 0.25) is 0 Å². The van der Waals surface area contributed by atoms with Crippen molar-refractivity contribution < 1.29 is 4.39 Å². The van der Waals surface area contributed by atoms with E-state index in [1.54, 1.807) is 6.07 Å². The monoisotopic (exact) mass is 237 g/mol. The molecular weight excluding hydrogens is 225 g/mol.